The lowest BCUT2D eigenvalue weighted by Crippen LogP contribution is -2.29. The molecular formula is C18H17F2NO4S. The lowest BCUT2D eigenvalue weighted by molar-refractivity contribution is -0.148. The highest BCUT2D eigenvalue weighted by Crippen LogP contribution is 2.25. The molecule has 0 aliphatic carbocycles. The summed E-state index contributed by atoms with van der Waals surface area (Å²) >= 11 is 1.51. The monoisotopic (exact) mass is 381 g/mol. The third-order valence-electron chi connectivity index (χ3n) is 3.17. The van der Waals surface area contributed by atoms with Gasteiger partial charge >= 0.3 is 12.6 Å². The van der Waals surface area contributed by atoms with Gasteiger partial charge < -0.3 is 14.8 Å². The first-order valence-corrected chi connectivity index (χ1v) is 8.46. The van der Waals surface area contributed by atoms with Gasteiger partial charge in [-0.3, -0.25) is 4.79 Å². The van der Waals surface area contributed by atoms with E-state index in [1.165, 1.54) is 42.5 Å². The Morgan fingerprint density at radius 2 is 1.92 bits per heavy atom. The number of thiophene rings is 1. The van der Waals surface area contributed by atoms with Gasteiger partial charge in [-0.05, 0) is 44.2 Å². The maximum atomic E-state index is 12.4. The van der Waals surface area contributed by atoms with E-state index in [0.29, 0.717) is 0 Å². The van der Waals surface area contributed by atoms with Crippen molar-refractivity contribution in [3.63, 3.8) is 0 Å². The first-order valence-electron chi connectivity index (χ1n) is 7.65. The van der Waals surface area contributed by atoms with Crippen LogP contribution in [0, 0.1) is 6.92 Å². The molecule has 5 nitrogen and oxygen atoms in total. The van der Waals surface area contributed by atoms with E-state index in [1.54, 1.807) is 12.1 Å². The number of carbonyl (C=O) groups excluding carboxylic acids is 2. The van der Waals surface area contributed by atoms with Crippen LogP contribution in [0.3, 0.4) is 0 Å². The van der Waals surface area contributed by atoms with Crippen LogP contribution in [0.15, 0.2) is 42.5 Å². The van der Waals surface area contributed by atoms with Gasteiger partial charge in [-0.2, -0.15) is 8.78 Å². The number of rotatable bonds is 7. The Hall–Kier alpha value is -2.74. The molecule has 0 saturated heterocycles. The molecule has 26 heavy (non-hydrogen) atoms. The van der Waals surface area contributed by atoms with Crippen LogP contribution in [-0.2, 0) is 14.3 Å². The molecule has 1 amide bonds. The van der Waals surface area contributed by atoms with Gasteiger partial charge in [0.15, 0.2) is 6.10 Å². The van der Waals surface area contributed by atoms with Crippen molar-refractivity contribution in [3.8, 4) is 5.75 Å². The minimum absolute atomic E-state index is 0.0605. The molecule has 1 N–H and O–H groups in total. The van der Waals surface area contributed by atoms with Gasteiger partial charge in [-0.25, -0.2) is 4.79 Å². The van der Waals surface area contributed by atoms with Gasteiger partial charge in [-0.1, -0.05) is 12.1 Å². The molecule has 138 valence electrons. The van der Waals surface area contributed by atoms with Crippen molar-refractivity contribution in [1.29, 1.82) is 0 Å². The molecule has 8 heteroatoms. The maximum Gasteiger partial charge on any atom is 0.387 e. The summed E-state index contributed by atoms with van der Waals surface area (Å²) in [6.07, 6.45) is 1.70. The summed E-state index contributed by atoms with van der Waals surface area (Å²) < 4.78 is 34.1. The molecule has 1 atom stereocenters. The van der Waals surface area contributed by atoms with Crippen molar-refractivity contribution >= 4 is 35.0 Å². The van der Waals surface area contributed by atoms with Gasteiger partial charge in [0, 0.05) is 15.8 Å². The zero-order chi connectivity index (χ0) is 19.1. The summed E-state index contributed by atoms with van der Waals surface area (Å²) in [5.74, 6) is -1.53. The van der Waals surface area contributed by atoms with Crippen molar-refractivity contribution in [2.45, 2.75) is 26.6 Å². The molecule has 1 heterocycles. The SMILES string of the molecule is Cc1ccc(/C=C/C(=O)O[C@H](C)C(=O)Nc2ccccc2OC(F)F)s1. The number of carbonyl (C=O) groups is 2. The summed E-state index contributed by atoms with van der Waals surface area (Å²) in [5.41, 5.74) is 0.0605. The predicted octanol–water partition coefficient (Wildman–Crippen LogP) is 4.24. The van der Waals surface area contributed by atoms with E-state index in [9.17, 15) is 18.4 Å². The Kier molecular flexibility index (Phi) is 6.85. The third kappa shape index (κ3) is 5.96. The number of esters is 1. The van der Waals surface area contributed by atoms with Crippen LogP contribution in [0.1, 0.15) is 16.7 Å². The molecule has 0 radical (unpaired) electrons. The summed E-state index contributed by atoms with van der Waals surface area (Å²) in [5, 5.41) is 2.40. The standard InChI is InChI=1S/C18H17F2NO4S/c1-11-7-8-13(26-11)9-10-16(22)24-12(2)17(23)21-14-5-3-4-6-15(14)25-18(19)20/h3-10,12,18H,1-2H3,(H,21,23)/b10-9+/t12-/m1/s1. The Morgan fingerprint density at radius 1 is 1.19 bits per heavy atom. The smallest absolute Gasteiger partial charge is 0.387 e. The molecular weight excluding hydrogens is 364 g/mol. The Bertz CT molecular complexity index is 804. The van der Waals surface area contributed by atoms with Crippen molar-refractivity contribution in [2.75, 3.05) is 5.32 Å². The highest BCUT2D eigenvalue weighted by Gasteiger charge is 2.19. The summed E-state index contributed by atoms with van der Waals surface area (Å²) in [6, 6.07) is 9.53. The fraction of sp³-hybridized carbons (Fsp3) is 0.222. The van der Waals surface area contributed by atoms with Crippen LogP contribution in [0.4, 0.5) is 14.5 Å². The van der Waals surface area contributed by atoms with Gasteiger partial charge in [0.2, 0.25) is 0 Å². The number of ether oxygens (including phenoxy) is 2. The number of anilines is 1. The molecule has 0 bridgehead atoms. The van der Waals surface area contributed by atoms with E-state index in [4.69, 9.17) is 4.74 Å². The van der Waals surface area contributed by atoms with Crippen LogP contribution < -0.4 is 10.1 Å². The summed E-state index contributed by atoms with van der Waals surface area (Å²) in [7, 11) is 0. The average Bonchev–Trinajstić information content (AvgIpc) is 2.99. The third-order valence-corrected chi connectivity index (χ3v) is 4.13. The number of amides is 1. The van der Waals surface area contributed by atoms with E-state index in [-0.39, 0.29) is 11.4 Å². The van der Waals surface area contributed by atoms with E-state index in [2.05, 4.69) is 10.1 Å². The van der Waals surface area contributed by atoms with Crippen molar-refractivity contribution in [1.82, 2.24) is 0 Å². The fourth-order valence-electron chi connectivity index (χ4n) is 1.96. The van der Waals surface area contributed by atoms with Crippen LogP contribution in [0.5, 0.6) is 5.75 Å². The number of nitrogens with one attached hydrogen (secondary N) is 1. The lowest BCUT2D eigenvalue weighted by Gasteiger charge is -2.15. The second kappa shape index (κ2) is 9.10. The van der Waals surface area contributed by atoms with Gasteiger partial charge in [0.25, 0.3) is 5.91 Å². The number of hydrogen-bond donors (Lipinski definition) is 1. The topological polar surface area (TPSA) is 64.6 Å². The lowest BCUT2D eigenvalue weighted by atomic mass is 10.2. The Labute approximate surface area is 153 Å². The van der Waals surface area contributed by atoms with Gasteiger partial charge in [-0.15, -0.1) is 11.3 Å². The van der Waals surface area contributed by atoms with Crippen LogP contribution in [0.25, 0.3) is 6.08 Å². The number of para-hydroxylation sites is 2. The minimum atomic E-state index is -3.02. The molecule has 0 aliphatic rings. The molecule has 0 unspecified atom stereocenters. The van der Waals surface area contributed by atoms with Gasteiger partial charge in [0.05, 0.1) is 5.69 Å². The largest absolute Gasteiger partial charge is 0.449 e. The van der Waals surface area contributed by atoms with Crippen molar-refractivity contribution < 1.29 is 27.8 Å². The molecule has 2 rings (SSSR count). The molecule has 2 aromatic rings. The minimum Gasteiger partial charge on any atom is -0.449 e. The highest BCUT2D eigenvalue weighted by atomic mass is 32.1. The molecule has 0 saturated carbocycles. The highest BCUT2D eigenvalue weighted by molar-refractivity contribution is 7.12. The van der Waals surface area contributed by atoms with Crippen LogP contribution in [-0.4, -0.2) is 24.6 Å². The second-order valence-corrected chi connectivity index (χ2v) is 6.54. The molecule has 1 aromatic heterocycles. The average molecular weight is 381 g/mol. The summed E-state index contributed by atoms with van der Waals surface area (Å²) in [4.78, 5) is 25.9. The van der Waals surface area contributed by atoms with E-state index < -0.39 is 24.6 Å². The first-order chi connectivity index (χ1) is 12.3. The predicted molar refractivity (Wildman–Crippen MR) is 95.3 cm³/mol. The fourth-order valence-corrected chi connectivity index (χ4v) is 2.74. The van der Waals surface area contributed by atoms with Crippen molar-refractivity contribution in [3.05, 3.63) is 52.2 Å². The molecule has 0 fully saturated rings. The van der Waals surface area contributed by atoms with Crippen LogP contribution in [0.2, 0.25) is 0 Å². The number of halogens is 2. The van der Waals surface area contributed by atoms with E-state index in [0.717, 1.165) is 9.75 Å². The summed E-state index contributed by atoms with van der Waals surface area (Å²) in [6.45, 7) is 0.310. The van der Waals surface area contributed by atoms with E-state index >= 15 is 0 Å². The van der Waals surface area contributed by atoms with E-state index in [1.807, 2.05) is 19.1 Å². The number of aryl methyl sites for hydroxylation is 1. The van der Waals surface area contributed by atoms with Crippen LogP contribution >= 0.6 is 11.3 Å². The second-order valence-electron chi connectivity index (χ2n) is 5.22. The first kappa shape index (κ1) is 19.6. The Morgan fingerprint density at radius 3 is 2.58 bits per heavy atom. The normalized spacial score (nSPS) is 12.2. The number of alkyl halides is 2. The quantitative estimate of drug-likeness (QED) is 0.575. The maximum absolute atomic E-state index is 12.4. The Balaban J connectivity index is 1.93. The zero-order valence-electron chi connectivity index (χ0n) is 14.1. The molecule has 0 spiro atoms. The number of benzene rings is 1. The zero-order valence-corrected chi connectivity index (χ0v) is 14.9. The number of hydrogen-bond acceptors (Lipinski definition) is 5. The molecule has 0 aliphatic heterocycles. The van der Waals surface area contributed by atoms with Gasteiger partial charge in [0.1, 0.15) is 5.75 Å². The molecule has 1 aromatic carbocycles. The van der Waals surface area contributed by atoms with Crippen molar-refractivity contribution in [2.24, 2.45) is 0 Å².